The van der Waals surface area contributed by atoms with Crippen molar-refractivity contribution in [3.8, 4) is 0 Å². The van der Waals surface area contributed by atoms with Gasteiger partial charge in [0.1, 0.15) is 18.1 Å². The third-order valence-electron chi connectivity index (χ3n) is 5.17. The largest absolute Gasteiger partial charge is 0.480 e. The molecule has 0 aromatic carbocycles. The van der Waals surface area contributed by atoms with Crippen LogP contribution in [0.25, 0.3) is 0 Å². The number of thioether (sulfide) groups is 1. The van der Waals surface area contributed by atoms with E-state index in [1.807, 2.05) is 13.2 Å². The van der Waals surface area contributed by atoms with Crippen molar-refractivity contribution in [2.45, 2.75) is 57.3 Å². The number of aliphatic carboxylic acids is 1. The fourth-order valence-corrected chi connectivity index (χ4v) is 3.38. The van der Waals surface area contributed by atoms with E-state index in [0.29, 0.717) is 17.9 Å². The van der Waals surface area contributed by atoms with Crippen LogP contribution in [-0.2, 0) is 25.6 Å². The highest BCUT2D eigenvalue weighted by atomic mass is 32.2. The van der Waals surface area contributed by atoms with Gasteiger partial charge in [-0.1, -0.05) is 20.3 Å². The normalized spacial score (nSPS) is 15.5. The van der Waals surface area contributed by atoms with E-state index in [-0.39, 0.29) is 18.8 Å². The highest BCUT2D eigenvalue weighted by Gasteiger charge is 2.32. The highest BCUT2D eigenvalue weighted by molar-refractivity contribution is 7.98. The van der Waals surface area contributed by atoms with Crippen molar-refractivity contribution in [2.24, 2.45) is 11.7 Å². The van der Waals surface area contributed by atoms with Gasteiger partial charge in [-0.15, -0.1) is 0 Å². The smallest absolute Gasteiger partial charge is 0.326 e. The fraction of sp³-hybridized carbons (Fsp3) is 0.650. The van der Waals surface area contributed by atoms with E-state index < -0.39 is 54.5 Å². The predicted octanol–water partition coefficient (Wildman–Crippen LogP) is -1.39. The third-order valence-corrected chi connectivity index (χ3v) is 5.81. The van der Waals surface area contributed by atoms with Crippen LogP contribution >= 0.6 is 11.8 Å². The van der Waals surface area contributed by atoms with Crippen LogP contribution < -0.4 is 21.7 Å². The highest BCUT2D eigenvalue weighted by Crippen LogP contribution is 2.10. The lowest BCUT2D eigenvalue weighted by Gasteiger charge is -2.27. The van der Waals surface area contributed by atoms with Gasteiger partial charge in [0.2, 0.25) is 17.7 Å². The van der Waals surface area contributed by atoms with Gasteiger partial charge < -0.3 is 36.9 Å². The maximum Gasteiger partial charge on any atom is 0.326 e. The number of imidazole rings is 1. The van der Waals surface area contributed by atoms with Gasteiger partial charge >= 0.3 is 5.97 Å². The van der Waals surface area contributed by atoms with Crippen LogP contribution in [0, 0.1) is 5.92 Å². The van der Waals surface area contributed by atoms with E-state index >= 15 is 0 Å². The Labute approximate surface area is 196 Å². The molecule has 5 atom stereocenters. The molecule has 186 valence electrons. The van der Waals surface area contributed by atoms with E-state index in [1.54, 1.807) is 13.1 Å². The molecular formula is C20H34N6O6S. The maximum absolute atomic E-state index is 12.9. The number of carboxylic acids is 1. The SMILES string of the molecule is CCC(C)C(NC(=O)C(N)Cc1cnc[nH]1)C(=O)NC(CO)C(=O)NC(CCSC)C(=O)O. The van der Waals surface area contributed by atoms with Gasteiger partial charge in [0.05, 0.1) is 19.0 Å². The van der Waals surface area contributed by atoms with Crippen LogP contribution in [0.3, 0.4) is 0 Å². The summed E-state index contributed by atoms with van der Waals surface area (Å²) in [5.74, 6) is -3.08. The molecular weight excluding hydrogens is 452 g/mol. The number of aromatic nitrogens is 2. The Morgan fingerprint density at radius 1 is 1.15 bits per heavy atom. The second-order valence-electron chi connectivity index (χ2n) is 7.68. The number of nitrogens with one attached hydrogen (secondary N) is 4. The van der Waals surface area contributed by atoms with Crippen molar-refractivity contribution >= 4 is 35.5 Å². The van der Waals surface area contributed by atoms with E-state index in [4.69, 9.17) is 5.73 Å². The fourth-order valence-electron chi connectivity index (χ4n) is 2.91. The molecule has 0 fully saturated rings. The van der Waals surface area contributed by atoms with Gasteiger partial charge in [-0.25, -0.2) is 9.78 Å². The second kappa shape index (κ2) is 14.5. The minimum atomic E-state index is -1.38. The van der Waals surface area contributed by atoms with E-state index in [0.717, 1.165) is 0 Å². The third kappa shape index (κ3) is 9.40. The number of rotatable bonds is 15. The van der Waals surface area contributed by atoms with Crippen LogP contribution in [0.2, 0.25) is 0 Å². The summed E-state index contributed by atoms with van der Waals surface area (Å²) in [5.41, 5.74) is 6.61. The molecule has 33 heavy (non-hydrogen) atoms. The first-order valence-corrected chi connectivity index (χ1v) is 12.0. The lowest BCUT2D eigenvalue weighted by molar-refractivity contribution is -0.142. The minimum absolute atomic E-state index is 0.189. The summed E-state index contributed by atoms with van der Waals surface area (Å²) in [6.45, 7) is 2.84. The zero-order chi connectivity index (χ0) is 25.0. The number of amides is 3. The summed E-state index contributed by atoms with van der Waals surface area (Å²) in [7, 11) is 0. The van der Waals surface area contributed by atoms with Gasteiger partial charge in [0.15, 0.2) is 0 Å². The van der Waals surface area contributed by atoms with E-state index in [9.17, 15) is 29.4 Å². The number of aliphatic hydroxyl groups is 1. The number of hydrogen-bond acceptors (Lipinski definition) is 8. The van der Waals surface area contributed by atoms with Gasteiger partial charge in [-0.2, -0.15) is 11.8 Å². The molecule has 3 amide bonds. The molecule has 1 rings (SSSR count). The van der Waals surface area contributed by atoms with Gasteiger partial charge in [0, 0.05) is 18.3 Å². The average molecular weight is 487 g/mol. The standard InChI is InChI=1S/C20H34N6O6S/c1-4-11(2)16(26-17(28)13(21)7-12-8-22-10-23-12)19(30)25-15(9-27)18(29)24-14(20(31)32)5-6-33-3/h8,10-11,13-16,27H,4-7,9,21H2,1-3H3,(H,22,23)(H,24,29)(H,25,30)(H,26,28)(H,31,32). The van der Waals surface area contributed by atoms with Crippen LogP contribution in [0.4, 0.5) is 0 Å². The molecule has 1 aromatic heterocycles. The van der Waals surface area contributed by atoms with Crippen molar-refractivity contribution in [1.82, 2.24) is 25.9 Å². The Bertz CT molecular complexity index is 777. The van der Waals surface area contributed by atoms with Gasteiger partial charge in [-0.05, 0) is 24.3 Å². The van der Waals surface area contributed by atoms with Crippen LogP contribution in [-0.4, -0.2) is 86.7 Å². The molecule has 0 spiro atoms. The zero-order valence-corrected chi connectivity index (χ0v) is 19.9. The Balaban J connectivity index is 2.82. The topological polar surface area (TPSA) is 200 Å². The lowest BCUT2D eigenvalue weighted by Crippen LogP contribution is -2.59. The number of nitrogens with two attached hydrogens (primary N) is 1. The number of carbonyl (C=O) groups excluding carboxylic acids is 3. The Hall–Kier alpha value is -2.64. The molecule has 12 nitrogen and oxygen atoms in total. The maximum atomic E-state index is 12.9. The number of carboxylic acid groups (broad SMARTS) is 1. The molecule has 1 aromatic rings. The average Bonchev–Trinajstić information content (AvgIpc) is 3.30. The molecule has 0 aliphatic rings. The summed E-state index contributed by atoms with van der Waals surface area (Å²) >= 11 is 1.43. The summed E-state index contributed by atoms with van der Waals surface area (Å²) in [4.78, 5) is 56.0. The van der Waals surface area contributed by atoms with Gasteiger partial charge in [0.25, 0.3) is 0 Å². The molecule has 5 unspecified atom stereocenters. The number of H-pyrrole nitrogens is 1. The first kappa shape index (κ1) is 28.4. The first-order chi connectivity index (χ1) is 15.6. The first-order valence-electron chi connectivity index (χ1n) is 10.6. The van der Waals surface area contributed by atoms with Crippen LogP contribution in [0.1, 0.15) is 32.4 Å². The molecule has 1 heterocycles. The number of hydrogen-bond donors (Lipinski definition) is 7. The van der Waals surface area contributed by atoms with Gasteiger partial charge in [-0.3, -0.25) is 14.4 Å². The van der Waals surface area contributed by atoms with Crippen molar-refractivity contribution in [2.75, 3.05) is 18.6 Å². The monoisotopic (exact) mass is 486 g/mol. The summed E-state index contributed by atoms with van der Waals surface area (Å²) in [6, 6.07) is -4.48. The summed E-state index contributed by atoms with van der Waals surface area (Å²) in [6.07, 6.45) is 5.73. The van der Waals surface area contributed by atoms with E-state index in [1.165, 1.54) is 18.1 Å². The second-order valence-corrected chi connectivity index (χ2v) is 8.67. The van der Waals surface area contributed by atoms with Crippen LogP contribution in [0.15, 0.2) is 12.5 Å². The molecule has 8 N–H and O–H groups in total. The number of aliphatic hydroxyl groups excluding tert-OH is 1. The molecule has 0 saturated carbocycles. The summed E-state index contributed by atoms with van der Waals surface area (Å²) < 4.78 is 0. The molecule has 0 radical (unpaired) electrons. The van der Waals surface area contributed by atoms with Crippen molar-refractivity contribution in [3.63, 3.8) is 0 Å². The Morgan fingerprint density at radius 3 is 2.33 bits per heavy atom. The number of carbonyl (C=O) groups is 4. The van der Waals surface area contributed by atoms with Crippen molar-refractivity contribution < 1.29 is 29.4 Å². The zero-order valence-electron chi connectivity index (χ0n) is 19.0. The minimum Gasteiger partial charge on any atom is -0.480 e. The Kier molecular flexibility index (Phi) is 12.5. The van der Waals surface area contributed by atoms with Crippen molar-refractivity contribution in [1.29, 1.82) is 0 Å². The molecule has 0 aliphatic heterocycles. The molecule has 13 heteroatoms. The number of aromatic amines is 1. The Morgan fingerprint density at radius 2 is 1.82 bits per heavy atom. The molecule has 0 aliphatic carbocycles. The lowest BCUT2D eigenvalue weighted by atomic mass is 9.97. The van der Waals surface area contributed by atoms with Crippen LogP contribution in [0.5, 0.6) is 0 Å². The molecule has 0 saturated heterocycles. The van der Waals surface area contributed by atoms with Crippen molar-refractivity contribution in [3.05, 3.63) is 18.2 Å². The summed E-state index contributed by atoms with van der Waals surface area (Å²) in [5, 5.41) is 26.2. The van der Waals surface area contributed by atoms with E-state index in [2.05, 4.69) is 25.9 Å². The number of nitrogens with zero attached hydrogens (tertiary/aromatic N) is 1. The molecule has 0 bridgehead atoms. The quantitative estimate of drug-likeness (QED) is 0.156. The predicted molar refractivity (Wildman–Crippen MR) is 123 cm³/mol.